The van der Waals surface area contributed by atoms with E-state index in [9.17, 15) is 27.6 Å². The first kappa shape index (κ1) is 26.6. The van der Waals surface area contributed by atoms with Crippen LogP contribution in [0.25, 0.3) is 0 Å². The molecule has 0 radical (unpaired) electrons. The zero-order chi connectivity index (χ0) is 24.4. The van der Waals surface area contributed by atoms with Crippen LogP contribution in [-0.2, 0) is 25.5 Å². The Bertz CT molecular complexity index is 792. The molecule has 0 spiro atoms. The van der Waals surface area contributed by atoms with Gasteiger partial charge in [0.25, 0.3) is 0 Å². The molecule has 0 bridgehead atoms. The lowest BCUT2D eigenvalue weighted by Gasteiger charge is -2.33. The number of nitrogens with one attached hydrogen (secondary N) is 2. The molecule has 2 rings (SSSR count). The molecule has 1 aliphatic rings. The van der Waals surface area contributed by atoms with Crippen molar-refractivity contribution in [3.05, 3.63) is 35.9 Å². The molecule has 0 aliphatic carbocycles. The van der Waals surface area contributed by atoms with Crippen molar-refractivity contribution >= 4 is 17.7 Å². The summed E-state index contributed by atoms with van der Waals surface area (Å²) < 4.78 is 44.8. The van der Waals surface area contributed by atoms with E-state index >= 15 is 0 Å². The van der Waals surface area contributed by atoms with Crippen LogP contribution < -0.4 is 10.6 Å². The predicted octanol–water partition coefficient (Wildman–Crippen LogP) is 0.962. The predicted molar refractivity (Wildman–Crippen MR) is 115 cm³/mol. The minimum absolute atomic E-state index is 0.00424. The van der Waals surface area contributed by atoms with Gasteiger partial charge in [-0.25, -0.2) is 0 Å². The van der Waals surface area contributed by atoms with Gasteiger partial charge in [-0.05, 0) is 31.9 Å². The van der Waals surface area contributed by atoms with Crippen molar-refractivity contribution in [2.24, 2.45) is 0 Å². The van der Waals surface area contributed by atoms with E-state index in [2.05, 4.69) is 10.6 Å². The van der Waals surface area contributed by atoms with Gasteiger partial charge >= 0.3 is 12.1 Å². The molecule has 184 valence electrons. The van der Waals surface area contributed by atoms with E-state index in [1.807, 2.05) is 0 Å². The molecule has 8 nitrogen and oxygen atoms in total. The van der Waals surface area contributed by atoms with Crippen molar-refractivity contribution in [3.8, 4) is 0 Å². The lowest BCUT2D eigenvalue weighted by Crippen LogP contribution is -2.55. The van der Waals surface area contributed by atoms with E-state index < -0.39 is 36.0 Å². The molecule has 2 N–H and O–H groups in total. The minimum atomic E-state index is -5.01. The SMILES string of the molecule is CNCC(=O)NC(COC)C(=O)N1CCCC1CN(CCc1ccccc1)C(=O)C(F)(F)F. The highest BCUT2D eigenvalue weighted by molar-refractivity contribution is 5.89. The molecular weight excluding hydrogens is 441 g/mol. The summed E-state index contributed by atoms with van der Waals surface area (Å²) >= 11 is 0. The molecule has 0 saturated carbocycles. The molecule has 11 heteroatoms. The molecule has 1 saturated heterocycles. The van der Waals surface area contributed by atoms with Crippen molar-refractivity contribution < 1.29 is 32.3 Å². The summed E-state index contributed by atoms with van der Waals surface area (Å²) in [5.74, 6) is -2.76. The van der Waals surface area contributed by atoms with Crippen molar-refractivity contribution in [1.82, 2.24) is 20.4 Å². The van der Waals surface area contributed by atoms with Gasteiger partial charge in [0.2, 0.25) is 11.8 Å². The summed E-state index contributed by atoms with van der Waals surface area (Å²) in [7, 11) is 2.98. The van der Waals surface area contributed by atoms with Crippen LogP contribution in [0.1, 0.15) is 18.4 Å². The van der Waals surface area contributed by atoms with E-state index in [1.165, 1.54) is 12.0 Å². The zero-order valence-electron chi connectivity index (χ0n) is 18.9. The van der Waals surface area contributed by atoms with Crippen LogP contribution in [-0.4, -0.2) is 92.7 Å². The second-order valence-corrected chi connectivity index (χ2v) is 7.92. The van der Waals surface area contributed by atoms with Crippen molar-refractivity contribution in [2.45, 2.75) is 37.5 Å². The van der Waals surface area contributed by atoms with Gasteiger partial charge < -0.3 is 25.2 Å². The fourth-order valence-corrected chi connectivity index (χ4v) is 3.88. The molecule has 2 unspecified atom stereocenters. The topological polar surface area (TPSA) is 91.0 Å². The summed E-state index contributed by atoms with van der Waals surface area (Å²) in [5.41, 5.74) is 0.809. The number of nitrogens with zero attached hydrogens (tertiary/aromatic N) is 2. The maximum atomic E-state index is 13.3. The summed E-state index contributed by atoms with van der Waals surface area (Å²) in [6.45, 7) is -0.0955. The van der Waals surface area contributed by atoms with Crippen LogP contribution in [0, 0.1) is 0 Å². The van der Waals surface area contributed by atoms with E-state index in [1.54, 1.807) is 37.4 Å². The largest absolute Gasteiger partial charge is 0.471 e. The summed E-state index contributed by atoms with van der Waals surface area (Å²) in [6.07, 6.45) is -3.70. The first-order valence-electron chi connectivity index (χ1n) is 10.8. The number of likely N-dealkylation sites (N-methyl/N-ethyl adjacent to an activating group) is 1. The molecule has 1 fully saturated rings. The highest BCUT2D eigenvalue weighted by Crippen LogP contribution is 2.24. The number of carbonyl (C=O) groups excluding carboxylic acids is 3. The first-order valence-corrected chi connectivity index (χ1v) is 10.8. The fraction of sp³-hybridized carbons (Fsp3) is 0.591. The molecule has 1 aliphatic heterocycles. The van der Waals surface area contributed by atoms with Crippen LogP contribution >= 0.6 is 0 Å². The number of likely N-dealkylation sites (tertiary alicyclic amines) is 1. The Labute approximate surface area is 191 Å². The van der Waals surface area contributed by atoms with Gasteiger partial charge in [0.05, 0.1) is 13.2 Å². The smallest absolute Gasteiger partial charge is 0.382 e. The van der Waals surface area contributed by atoms with Crippen LogP contribution in [0.15, 0.2) is 30.3 Å². The quantitative estimate of drug-likeness (QED) is 0.501. The number of rotatable bonds is 11. The molecule has 3 amide bonds. The molecule has 1 aromatic carbocycles. The van der Waals surface area contributed by atoms with Crippen molar-refractivity contribution in [3.63, 3.8) is 0 Å². The number of hydrogen-bond donors (Lipinski definition) is 2. The number of halogens is 3. The van der Waals surface area contributed by atoms with E-state index in [0.717, 1.165) is 10.5 Å². The highest BCUT2D eigenvalue weighted by Gasteiger charge is 2.44. The Morgan fingerprint density at radius 1 is 1.24 bits per heavy atom. The number of methoxy groups -OCH3 is 1. The Kier molecular flexibility index (Phi) is 10.1. The Hall–Kier alpha value is -2.66. The third-order valence-electron chi connectivity index (χ3n) is 5.44. The van der Waals surface area contributed by atoms with Gasteiger partial charge in [0.15, 0.2) is 0 Å². The van der Waals surface area contributed by atoms with E-state index in [-0.39, 0.29) is 32.7 Å². The molecule has 33 heavy (non-hydrogen) atoms. The van der Waals surface area contributed by atoms with Crippen LogP contribution in [0.4, 0.5) is 13.2 Å². The molecule has 2 atom stereocenters. The van der Waals surface area contributed by atoms with E-state index in [0.29, 0.717) is 19.4 Å². The third-order valence-corrected chi connectivity index (χ3v) is 5.44. The Morgan fingerprint density at radius 3 is 2.55 bits per heavy atom. The third kappa shape index (κ3) is 8.01. The maximum Gasteiger partial charge on any atom is 0.471 e. The molecule has 1 heterocycles. The average molecular weight is 473 g/mol. The number of benzene rings is 1. The van der Waals surface area contributed by atoms with Gasteiger partial charge in [0.1, 0.15) is 6.04 Å². The van der Waals surface area contributed by atoms with Crippen molar-refractivity contribution in [2.75, 3.05) is 46.9 Å². The monoisotopic (exact) mass is 472 g/mol. The lowest BCUT2D eigenvalue weighted by molar-refractivity contribution is -0.186. The second-order valence-electron chi connectivity index (χ2n) is 7.92. The molecule has 1 aromatic rings. The molecule has 0 aromatic heterocycles. The number of amides is 3. The van der Waals surface area contributed by atoms with Crippen LogP contribution in [0.2, 0.25) is 0 Å². The van der Waals surface area contributed by atoms with Gasteiger partial charge in [0, 0.05) is 32.8 Å². The van der Waals surface area contributed by atoms with Crippen LogP contribution in [0.5, 0.6) is 0 Å². The summed E-state index contributed by atoms with van der Waals surface area (Å²) in [6, 6.07) is 7.38. The van der Waals surface area contributed by atoms with Crippen molar-refractivity contribution in [1.29, 1.82) is 0 Å². The van der Waals surface area contributed by atoms with Gasteiger partial charge in [-0.1, -0.05) is 30.3 Å². The second kappa shape index (κ2) is 12.5. The maximum absolute atomic E-state index is 13.3. The number of carbonyl (C=O) groups is 3. The minimum Gasteiger partial charge on any atom is -0.382 e. The normalized spacial score (nSPS) is 17.0. The summed E-state index contributed by atoms with van der Waals surface area (Å²) in [5, 5.41) is 5.27. The average Bonchev–Trinajstić information content (AvgIpc) is 3.23. The number of hydrogen-bond acceptors (Lipinski definition) is 5. The standard InChI is InChI=1S/C22H31F3N4O4/c1-26-13-19(30)27-18(15-33-2)20(31)29-11-6-9-17(29)14-28(21(32)22(23,24)25)12-10-16-7-4-3-5-8-16/h3-5,7-8,17-18,26H,6,9-15H2,1-2H3,(H,27,30). The van der Waals surface area contributed by atoms with E-state index in [4.69, 9.17) is 4.74 Å². The van der Waals surface area contributed by atoms with Gasteiger partial charge in [-0.3, -0.25) is 14.4 Å². The fourth-order valence-electron chi connectivity index (χ4n) is 3.88. The Morgan fingerprint density at radius 2 is 1.94 bits per heavy atom. The highest BCUT2D eigenvalue weighted by atomic mass is 19.4. The summed E-state index contributed by atoms with van der Waals surface area (Å²) in [4.78, 5) is 39.4. The number of alkyl halides is 3. The molecular formula is C22H31F3N4O4. The first-order chi connectivity index (χ1) is 15.7. The van der Waals surface area contributed by atoms with Gasteiger partial charge in [-0.15, -0.1) is 0 Å². The zero-order valence-corrected chi connectivity index (χ0v) is 18.9. The number of ether oxygens (including phenoxy) is 1. The lowest BCUT2D eigenvalue weighted by atomic mass is 10.1. The van der Waals surface area contributed by atoms with Gasteiger partial charge in [-0.2, -0.15) is 13.2 Å². The van der Waals surface area contributed by atoms with Crippen LogP contribution in [0.3, 0.4) is 0 Å². The Balaban J connectivity index is 2.13.